The van der Waals surface area contributed by atoms with E-state index in [1.54, 1.807) is 30.3 Å². The molecule has 1 amide bonds. The molecule has 0 bridgehead atoms. The Morgan fingerprint density at radius 1 is 1.11 bits per heavy atom. The Bertz CT molecular complexity index is 1520. The van der Waals surface area contributed by atoms with Crippen molar-refractivity contribution in [1.82, 2.24) is 20.1 Å². The molecule has 2 aromatic carbocycles. The van der Waals surface area contributed by atoms with Gasteiger partial charge < -0.3 is 10.2 Å². The van der Waals surface area contributed by atoms with E-state index in [1.807, 2.05) is 0 Å². The second-order valence-corrected chi connectivity index (χ2v) is 8.85. The number of H-pyrrole nitrogens is 1. The lowest BCUT2D eigenvalue weighted by Crippen LogP contribution is -2.32. The van der Waals surface area contributed by atoms with Gasteiger partial charge in [0.25, 0.3) is 11.5 Å². The summed E-state index contributed by atoms with van der Waals surface area (Å²) in [4.78, 5) is 30.5. The SMILES string of the molecule is O=C(c1cc(Cc2n[nH]c(=O)c3ccccc23)ccc1F)N1CCC(Nc2ccc(C(F)(F)F)cn2)C1. The molecule has 0 saturated carbocycles. The van der Waals surface area contributed by atoms with Crippen LogP contribution in [0, 0.1) is 5.82 Å². The van der Waals surface area contributed by atoms with Crippen molar-refractivity contribution >= 4 is 22.5 Å². The number of carbonyl (C=O) groups excluding carboxylic acids is 1. The number of likely N-dealkylation sites (tertiary alicyclic amines) is 1. The molecular formula is C26H21F4N5O2. The first kappa shape index (κ1) is 24.4. The number of benzene rings is 2. The van der Waals surface area contributed by atoms with E-state index in [2.05, 4.69) is 20.5 Å². The summed E-state index contributed by atoms with van der Waals surface area (Å²) >= 11 is 0. The zero-order valence-corrected chi connectivity index (χ0v) is 19.3. The Morgan fingerprint density at radius 2 is 1.89 bits per heavy atom. The number of aromatic amines is 1. The van der Waals surface area contributed by atoms with E-state index in [-0.39, 0.29) is 35.9 Å². The highest BCUT2D eigenvalue weighted by Crippen LogP contribution is 2.29. The number of rotatable bonds is 5. The average molecular weight is 511 g/mol. The van der Waals surface area contributed by atoms with Gasteiger partial charge in [0.15, 0.2) is 0 Å². The standard InChI is InChI=1S/C26H21F4N5O2/c27-21-7-5-15(12-22-18-3-1-2-4-19(18)24(36)34-33-22)11-20(21)25(37)35-10-9-17(14-35)32-23-8-6-16(13-31-23)26(28,29)30/h1-8,11,13,17H,9-10,12,14H2,(H,31,32)(H,34,36). The van der Waals surface area contributed by atoms with E-state index in [0.717, 1.165) is 12.3 Å². The van der Waals surface area contributed by atoms with Gasteiger partial charge in [-0.05, 0) is 42.3 Å². The molecule has 4 aromatic rings. The smallest absolute Gasteiger partial charge is 0.365 e. The van der Waals surface area contributed by atoms with Crippen LogP contribution in [0.2, 0.25) is 0 Å². The Balaban J connectivity index is 1.29. The van der Waals surface area contributed by atoms with Gasteiger partial charge >= 0.3 is 6.18 Å². The highest BCUT2D eigenvalue weighted by Gasteiger charge is 2.31. The quantitative estimate of drug-likeness (QED) is 0.388. The van der Waals surface area contributed by atoms with Gasteiger partial charge in [-0.2, -0.15) is 18.3 Å². The molecule has 0 aliphatic carbocycles. The molecule has 190 valence electrons. The molecule has 1 aliphatic heterocycles. The summed E-state index contributed by atoms with van der Waals surface area (Å²) in [6.45, 7) is 0.601. The molecule has 2 N–H and O–H groups in total. The van der Waals surface area contributed by atoms with Crippen LogP contribution < -0.4 is 10.9 Å². The molecular weight excluding hydrogens is 490 g/mol. The molecule has 1 saturated heterocycles. The van der Waals surface area contributed by atoms with Crippen molar-refractivity contribution in [2.75, 3.05) is 18.4 Å². The summed E-state index contributed by atoms with van der Waals surface area (Å²) < 4.78 is 52.9. The van der Waals surface area contributed by atoms with Crippen LogP contribution in [0.5, 0.6) is 0 Å². The molecule has 1 aliphatic rings. The topological polar surface area (TPSA) is 91.0 Å². The first-order valence-electron chi connectivity index (χ1n) is 11.5. The first-order valence-corrected chi connectivity index (χ1v) is 11.5. The number of nitrogens with one attached hydrogen (secondary N) is 2. The average Bonchev–Trinajstić information content (AvgIpc) is 3.35. The van der Waals surface area contributed by atoms with E-state index in [1.165, 1.54) is 23.1 Å². The van der Waals surface area contributed by atoms with Crippen LogP contribution in [0.3, 0.4) is 0 Å². The van der Waals surface area contributed by atoms with Gasteiger partial charge in [0.05, 0.1) is 22.2 Å². The number of hydrogen-bond acceptors (Lipinski definition) is 5. The third-order valence-corrected chi connectivity index (χ3v) is 6.33. The molecule has 2 aromatic heterocycles. The number of hydrogen-bond donors (Lipinski definition) is 2. The van der Waals surface area contributed by atoms with Crippen LogP contribution in [0.25, 0.3) is 10.8 Å². The first-order chi connectivity index (χ1) is 17.7. The number of pyridine rings is 1. The summed E-state index contributed by atoms with van der Waals surface area (Å²) in [5.41, 5.74) is 0.00575. The van der Waals surface area contributed by atoms with Crippen molar-refractivity contribution in [2.45, 2.75) is 25.1 Å². The lowest BCUT2D eigenvalue weighted by molar-refractivity contribution is -0.137. The number of alkyl halides is 3. The number of aromatic nitrogens is 3. The summed E-state index contributed by atoms with van der Waals surface area (Å²) in [6.07, 6.45) is -2.91. The minimum absolute atomic E-state index is 0.0838. The number of nitrogens with zero attached hydrogens (tertiary/aromatic N) is 3. The molecule has 11 heteroatoms. The second kappa shape index (κ2) is 9.64. The fraction of sp³-hybridized carbons (Fsp3) is 0.231. The highest BCUT2D eigenvalue weighted by molar-refractivity contribution is 5.95. The van der Waals surface area contributed by atoms with Gasteiger partial charge in [0.2, 0.25) is 0 Å². The monoisotopic (exact) mass is 511 g/mol. The van der Waals surface area contributed by atoms with E-state index >= 15 is 0 Å². The summed E-state index contributed by atoms with van der Waals surface area (Å²) in [5.74, 6) is -0.877. The summed E-state index contributed by atoms with van der Waals surface area (Å²) in [5, 5.41) is 10.8. The van der Waals surface area contributed by atoms with Crippen LogP contribution in [-0.2, 0) is 12.6 Å². The Morgan fingerprint density at radius 3 is 2.62 bits per heavy atom. The van der Waals surface area contributed by atoms with Crippen molar-refractivity contribution in [3.63, 3.8) is 0 Å². The summed E-state index contributed by atoms with van der Waals surface area (Å²) in [7, 11) is 0. The maximum Gasteiger partial charge on any atom is 0.417 e. The molecule has 0 spiro atoms. The minimum atomic E-state index is -4.47. The Hall–Kier alpha value is -4.28. The Labute approximate surface area is 208 Å². The number of amides is 1. The number of halogens is 4. The van der Waals surface area contributed by atoms with Gasteiger partial charge in [-0.3, -0.25) is 9.59 Å². The van der Waals surface area contributed by atoms with Gasteiger partial charge in [0, 0.05) is 37.1 Å². The number of anilines is 1. The third-order valence-electron chi connectivity index (χ3n) is 6.33. The van der Waals surface area contributed by atoms with Crippen molar-refractivity contribution < 1.29 is 22.4 Å². The van der Waals surface area contributed by atoms with E-state index < -0.39 is 23.5 Å². The zero-order valence-electron chi connectivity index (χ0n) is 19.3. The van der Waals surface area contributed by atoms with Crippen molar-refractivity contribution in [3.05, 3.63) is 99.3 Å². The van der Waals surface area contributed by atoms with Crippen molar-refractivity contribution in [3.8, 4) is 0 Å². The van der Waals surface area contributed by atoms with Crippen LogP contribution in [0.4, 0.5) is 23.4 Å². The lowest BCUT2D eigenvalue weighted by Gasteiger charge is -2.18. The van der Waals surface area contributed by atoms with Gasteiger partial charge in [-0.1, -0.05) is 24.3 Å². The molecule has 1 unspecified atom stereocenters. The fourth-order valence-corrected chi connectivity index (χ4v) is 4.43. The zero-order chi connectivity index (χ0) is 26.2. The second-order valence-electron chi connectivity index (χ2n) is 8.85. The molecule has 5 rings (SSSR count). The van der Waals surface area contributed by atoms with Gasteiger partial charge in [0.1, 0.15) is 11.6 Å². The van der Waals surface area contributed by atoms with Crippen LogP contribution in [0.15, 0.2) is 65.6 Å². The molecule has 1 fully saturated rings. The van der Waals surface area contributed by atoms with E-state index in [9.17, 15) is 27.2 Å². The number of carbonyl (C=O) groups is 1. The third kappa shape index (κ3) is 5.16. The van der Waals surface area contributed by atoms with Crippen molar-refractivity contribution in [1.29, 1.82) is 0 Å². The maximum absolute atomic E-state index is 14.7. The predicted molar refractivity (Wildman–Crippen MR) is 129 cm³/mol. The van der Waals surface area contributed by atoms with E-state index in [0.29, 0.717) is 35.0 Å². The summed E-state index contributed by atoms with van der Waals surface area (Å²) in [6, 6.07) is 13.2. The van der Waals surface area contributed by atoms with E-state index in [4.69, 9.17) is 0 Å². The van der Waals surface area contributed by atoms with Gasteiger partial charge in [-0.15, -0.1) is 0 Å². The number of fused-ring (bicyclic) bond motifs is 1. The van der Waals surface area contributed by atoms with Crippen LogP contribution in [-0.4, -0.2) is 45.1 Å². The molecule has 7 nitrogen and oxygen atoms in total. The normalized spacial score (nSPS) is 15.8. The maximum atomic E-state index is 14.7. The molecule has 3 heterocycles. The van der Waals surface area contributed by atoms with Crippen LogP contribution in [0.1, 0.15) is 33.6 Å². The minimum Gasteiger partial charge on any atom is -0.365 e. The van der Waals surface area contributed by atoms with Crippen molar-refractivity contribution in [2.24, 2.45) is 0 Å². The largest absolute Gasteiger partial charge is 0.417 e. The molecule has 37 heavy (non-hydrogen) atoms. The predicted octanol–water partition coefficient (Wildman–Crippen LogP) is 4.39. The molecule has 1 atom stereocenters. The lowest BCUT2D eigenvalue weighted by atomic mass is 10.0. The Kier molecular flexibility index (Phi) is 6.36. The van der Waals surface area contributed by atoms with Crippen LogP contribution >= 0.6 is 0 Å². The van der Waals surface area contributed by atoms with Gasteiger partial charge in [-0.25, -0.2) is 14.5 Å². The fourth-order valence-electron chi connectivity index (χ4n) is 4.43. The molecule has 0 radical (unpaired) electrons. The highest BCUT2D eigenvalue weighted by atomic mass is 19.4.